The van der Waals surface area contributed by atoms with Crippen molar-refractivity contribution in [3.63, 3.8) is 0 Å². The van der Waals surface area contributed by atoms with Gasteiger partial charge in [0, 0.05) is 18.7 Å². The highest BCUT2D eigenvalue weighted by Gasteiger charge is 2.24. The van der Waals surface area contributed by atoms with Crippen LogP contribution in [0.25, 0.3) is 11.0 Å². The van der Waals surface area contributed by atoms with Gasteiger partial charge in [0.25, 0.3) is 15.9 Å². The van der Waals surface area contributed by atoms with Gasteiger partial charge in [0.1, 0.15) is 0 Å². The number of rotatable bonds is 7. The number of imidazole rings is 1. The average Bonchev–Trinajstić information content (AvgIpc) is 3.17. The van der Waals surface area contributed by atoms with E-state index in [1.165, 1.54) is 28.6 Å². The largest absolute Gasteiger partial charge is 0.310 e. The number of carbonyl (C=O) groups excluding carboxylic acids is 1. The molecule has 0 aliphatic carbocycles. The lowest BCUT2D eigenvalue weighted by molar-refractivity contribution is 0.102. The molecule has 4 aromatic rings. The van der Waals surface area contributed by atoms with Gasteiger partial charge < -0.3 is 4.57 Å². The maximum Gasteiger partial charge on any atom is 0.264 e. The van der Waals surface area contributed by atoms with Crippen LogP contribution in [-0.4, -0.2) is 30.4 Å². The number of aryl methyl sites for hydroxylation is 1. The van der Waals surface area contributed by atoms with Crippen LogP contribution >= 0.6 is 0 Å². The molecule has 164 valence electrons. The van der Waals surface area contributed by atoms with Crippen LogP contribution in [-0.2, 0) is 16.6 Å². The molecule has 1 aromatic heterocycles. The van der Waals surface area contributed by atoms with E-state index in [9.17, 15) is 13.2 Å². The standard InChI is InChI=1S/C24H24N4O3S/c1-3-27-22-13-9-8-12-21(22)25-24(27)26-23(29)18-14-16-20(17-15-18)32(30,31)28(4-2)19-10-6-5-7-11-19/h5-17H,3-4H2,1-2H3,(H,25,26,29). The van der Waals surface area contributed by atoms with Gasteiger partial charge in [-0.05, 0) is 62.4 Å². The molecule has 0 saturated heterocycles. The van der Waals surface area contributed by atoms with Crippen LogP contribution in [0, 0.1) is 0 Å². The topological polar surface area (TPSA) is 84.3 Å². The molecule has 0 spiro atoms. The number of amides is 1. The Kier molecular flexibility index (Phi) is 5.96. The molecule has 1 amide bonds. The molecule has 4 rings (SSSR count). The van der Waals surface area contributed by atoms with Crippen molar-refractivity contribution >= 4 is 38.6 Å². The molecule has 0 atom stereocenters. The summed E-state index contributed by atoms with van der Waals surface area (Å²) in [6.45, 7) is 4.71. The SMILES string of the molecule is CCN(c1ccccc1)S(=O)(=O)c1ccc(C(=O)Nc2nc3ccccc3n2CC)cc1. The Hall–Kier alpha value is -3.65. The van der Waals surface area contributed by atoms with Gasteiger partial charge in [-0.15, -0.1) is 0 Å². The molecular weight excluding hydrogens is 424 g/mol. The highest BCUT2D eigenvalue weighted by Crippen LogP contribution is 2.24. The van der Waals surface area contributed by atoms with E-state index < -0.39 is 10.0 Å². The Morgan fingerprint density at radius 1 is 0.938 bits per heavy atom. The maximum atomic E-state index is 13.1. The summed E-state index contributed by atoms with van der Waals surface area (Å²) in [6.07, 6.45) is 0. The van der Waals surface area contributed by atoms with Crippen LogP contribution in [0.2, 0.25) is 0 Å². The quantitative estimate of drug-likeness (QED) is 0.450. The Morgan fingerprint density at radius 3 is 2.25 bits per heavy atom. The fourth-order valence-corrected chi connectivity index (χ4v) is 5.13. The second-order valence-corrected chi connectivity index (χ2v) is 9.01. The number of nitrogens with one attached hydrogen (secondary N) is 1. The summed E-state index contributed by atoms with van der Waals surface area (Å²) in [7, 11) is -3.75. The molecule has 0 fully saturated rings. The minimum Gasteiger partial charge on any atom is -0.310 e. The molecule has 0 saturated carbocycles. The van der Waals surface area contributed by atoms with E-state index in [0.29, 0.717) is 30.3 Å². The fraction of sp³-hybridized carbons (Fsp3) is 0.167. The van der Waals surface area contributed by atoms with Gasteiger partial charge in [-0.2, -0.15) is 0 Å². The van der Waals surface area contributed by atoms with Crippen LogP contribution < -0.4 is 9.62 Å². The van der Waals surface area contributed by atoms with Crippen molar-refractivity contribution in [3.05, 3.63) is 84.4 Å². The molecule has 0 bridgehead atoms. The number of hydrogen-bond acceptors (Lipinski definition) is 4. The summed E-state index contributed by atoms with van der Waals surface area (Å²) >= 11 is 0. The van der Waals surface area contributed by atoms with Crippen molar-refractivity contribution in [2.75, 3.05) is 16.2 Å². The van der Waals surface area contributed by atoms with Gasteiger partial charge in [-0.1, -0.05) is 30.3 Å². The third-order valence-electron chi connectivity index (χ3n) is 5.23. The fourth-order valence-electron chi connectivity index (χ4n) is 3.66. The number of anilines is 2. The number of aromatic nitrogens is 2. The number of fused-ring (bicyclic) bond motifs is 1. The molecule has 7 nitrogen and oxygen atoms in total. The summed E-state index contributed by atoms with van der Waals surface area (Å²) in [5.41, 5.74) is 2.68. The first-order valence-electron chi connectivity index (χ1n) is 10.4. The van der Waals surface area contributed by atoms with Crippen molar-refractivity contribution < 1.29 is 13.2 Å². The molecule has 1 N–H and O–H groups in total. The van der Waals surface area contributed by atoms with Crippen LogP contribution in [0.5, 0.6) is 0 Å². The lowest BCUT2D eigenvalue weighted by Gasteiger charge is -2.23. The first kappa shape index (κ1) is 21.6. The van der Waals surface area contributed by atoms with Gasteiger partial charge in [0.05, 0.1) is 21.6 Å². The second kappa shape index (κ2) is 8.84. The van der Waals surface area contributed by atoms with E-state index in [1.807, 2.05) is 41.8 Å². The lowest BCUT2D eigenvalue weighted by atomic mass is 10.2. The summed E-state index contributed by atoms with van der Waals surface area (Å²) in [4.78, 5) is 17.4. The Balaban J connectivity index is 1.58. The highest BCUT2D eigenvalue weighted by molar-refractivity contribution is 7.92. The minimum atomic E-state index is -3.75. The first-order valence-corrected chi connectivity index (χ1v) is 11.8. The second-order valence-electron chi connectivity index (χ2n) is 7.15. The van der Waals surface area contributed by atoms with E-state index >= 15 is 0 Å². The highest BCUT2D eigenvalue weighted by atomic mass is 32.2. The van der Waals surface area contributed by atoms with E-state index in [1.54, 1.807) is 31.2 Å². The van der Waals surface area contributed by atoms with Gasteiger partial charge in [0.15, 0.2) is 0 Å². The molecule has 32 heavy (non-hydrogen) atoms. The normalized spacial score (nSPS) is 11.4. The van der Waals surface area contributed by atoms with Crippen molar-refractivity contribution in [2.45, 2.75) is 25.3 Å². The number of benzene rings is 3. The summed E-state index contributed by atoms with van der Waals surface area (Å²) in [6, 6.07) is 22.5. The third-order valence-corrected chi connectivity index (χ3v) is 7.15. The van der Waals surface area contributed by atoms with Gasteiger partial charge in [-0.25, -0.2) is 13.4 Å². The monoisotopic (exact) mass is 448 g/mol. The van der Waals surface area contributed by atoms with Crippen molar-refractivity contribution in [1.29, 1.82) is 0 Å². The van der Waals surface area contributed by atoms with Crippen molar-refractivity contribution in [3.8, 4) is 0 Å². The molecular formula is C24H24N4O3S. The number of para-hydroxylation sites is 3. The summed E-state index contributed by atoms with van der Waals surface area (Å²) in [5, 5.41) is 2.84. The molecule has 3 aromatic carbocycles. The predicted octanol–water partition coefficient (Wildman–Crippen LogP) is 4.52. The Morgan fingerprint density at radius 2 is 1.59 bits per heavy atom. The summed E-state index contributed by atoms with van der Waals surface area (Å²) in [5.74, 6) is 0.103. The van der Waals surface area contributed by atoms with Crippen LogP contribution in [0.1, 0.15) is 24.2 Å². The third kappa shape index (κ3) is 3.97. The van der Waals surface area contributed by atoms with E-state index in [2.05, 4.69) is 10.3 Å². The number of nitrogens with zero attached hydrogens (tertiary/aromatic N) is 3. The van der Waals surface area contributed by atoms with Crippen LogP contribution in [0.4, 0.5) is 11.6 Å². The molecule has 0 radical (unpaired) electrons. The number of hydrogen-bond donors (Lipinski definition) is 1. The minimum absolute atomic E-state index is 0.126. The van der Waals surface area contributed by atoms with Crippen molar-refractivity contribution in [2.24, 2.45) is 0 Å². The van der Waals surface area contributed by atoms with Gasteiger partial charge in [-0.3, -0.25) is 14.4 Å². The molecule has 0 unspecified atom stereocenters. The van der Waals surface area contributed by atoms with Crippen LogP contribution in [0.3, 0.4) is 0 Å². The zero-order chi connectivity index (χ0) is 22.7. The molecule has 0 aliphatic heterocycles. The number of sulfonamides is 1. The van der Waals surface area contributed by atoms with Crippen LogP contribution in [0.15, 0.2) is 83.8 Å². The average molecular weight is 449 g/mol. The molecule has 8 heteroatoms. The predicted molar refractivity (Wildman–Crippen MR) is 126 cm³/mol. The number of carbonyl (C=O) groups is 1. The first-order chi connectivity index (χ1) is 15.5. The smallest absolute Gasteiger partial charge is 0.264 e. The Labute approximate surface area is 187 Å². The zero-order valence-corrected chi connectivity index (χ0v) is 18.7. The zero-order valence-electron chi connectivity index (χ0n) is 17.9. The van der Waals surface area contributed by atoms with E-state index in [-0.39, 0.29) is 10.8 Å². The van der Waals surface area contributed by atoms with Gasteiger partial charge >= 0.3 is 0 Å². The Bertz CT molecular complexity index is 1350. The van der Waals surface area contributed by atoms with E-state index in [0.717, 1.165) is 11.0 Å². The molecule has 1 heterocycles. The van der Waals surface area contributed by atoms with Gasteiger partial charge in [0.2, 0.25) is 5.95 Å². The molecule has 0 aliphatic rings. The maximum absolute atomic E-state index is 13.1. The van der Waals surface area contributed by atoms with E-state index in [4.69, 9.17) is 0 Å². The lowest BCUT2D eigenvalue weighted by Crippen LogP contribution is -2.30. The van der Waals surface area contributed by atoms with Crippen molar-refractivity contribution in [1.82, 2.24) is 9.55 Å². The summed E-state index contributed by atoms with van der Waals surface area (Å²) < 4.78 is 29.5.